The quantitative estimate of drug-likeness (QED) is 0.790. The fourth-order valence-electron chi connectivity index (χ4n) is 1.48. The minimum absolute atomic E-state index is 0.143. The molecular formula is C14H23NO2. The molecular weight excluding hydrogens is 214 g/mol. The van der Waals surface area contributed by atoms with Gasteiger partial charge in [0.15, 0.2) is 0 Å². The van der Waals surface area contributed by atoms with Crippen LogP contribution in [0.5, 0.6) is 5.75 Å². The molecule has 0 radical (unpaired) electrons. The summed E-state index contributed by atoms with van der Waals surface area (Å²) in [6, 6.07) is 7.97. The second-order valence-corrected chi connectivity index (χ2v) is 4.68. The molecule has 0 aromatic heterocycles. The molecule has 0 saturated carbocycles. The Kier molecular flexibility index (Phi) is 5.45. The highest BCUT2D eigenvalue weighted by molar-refractivity contribution is 5.26. The Morgan fingerprint density at radius 3 is 2.35 bits per heavy atom. The van der Waals surface area contributed by atoms with Crippen LogP contribution in [0.25, 0.3) is 0 Å². The first-order chi connectivity index (χ1) is 8.07. The van der Waals surface area contributed by atoms with E-state index in [9.17, 15) is 0 Å². The first kappa shape index (κ1) is 14.0. The van der Waals surface area contributed by atoms with Gasteiger partial charge >= 0.3 is 0 Å². The first-order valence-corrected chi connectivity index (χ1v) is 6.05. The maximum atomic E-state index is 5.89. The molecule has 3 heteroatoms. The van der Waals surface area contributed by atoms with Crippen molar-refractivity contribution in [2.24, 2.45) is 0 Å². The molecule has 0 unspecified atom stereocenters. The zero-order valence-electron chi connectivity index (χ0n) is 11.2. The van der Waals surface area contributed by atoms with Gasteiger partial charge in [-0.15, -0.1) is 0 Å². The summed E-state index contributed by atoms with van der Waals surface area (Å²) in [6.07, 6.45) is 0. The molecule has 0 aliphatic carbocycles. The van der Waals surface area contributed by atoms with Crippen molar-refractivity contribution in [3.8, 4) is 5.75 Å². The van der Waals surface area contributed by atoms with E-state index in [2.05, 4.69) is 26.1 Å². The normalized spacial score (nSPS) is 11.5. The third-order valence-electron chi connectivity index (χ3n) is 2.59. The lowest BCUT2D eigenvalue weighted by Gasteiger charge is -2.25. The molecule has 1 N–H and O–H groups in total. The highest BCUT2D eigenvalue weighted by atomic mass is 16.5. The average molecular weight is 237 g/mol. The molecule has 0 aliphatic heterocycles. The van der Waals surface area contributed by atoms with Crippen LogP contribution in [-0.2, 0) is 11.3 Å². The van der Waals surface area contributed by atoms with Gasteiger partial charge in [-0.2, -0.15) is 0 Å². The van der Waals surface area contributed by atoms with E-state index in [1.54, 1.807) is 7.11 Å². The van der Waals surface area contributed by atoms with Gasteiger partial charge in [-0.05, 0) is 38.1 Å². The summed E-state index contributed by atoms with van der Waals surface area (Å²) in [5.41, 5.74) is 1.02. The van der Waals surface area contributed by atoms with Crippen molar-refractivity contribution in [2.75, 3.05) is 20.2 Å². The van der Waals surface area contributed by atoms with Crippen LogP contribution < -0.4 is 10.1 Å². The van der Waals surface area contributed by atoms with Crippen molar-refractivity contribution in [3.63, 3.8) is 0 Å². The number of nitrogens with one attached hydrogen (secondary N) is 1. The highest BCUT2D eigenvalue weighted by Gasteiger charge is 2.17. The van der Waals surface area contributed by atoms with E-state index in [0.717, 1.165) is 24.4 Å². The van der Waals surface area contributed by atoms with Crippen molar-refractivity contribution in [3.05, 3.63) is 29.8 Å². The van der Waals surface area contributed by atoms with Gasteiger partial charge in [-0.25, -0.2) is 0 Å². The van der Waals surface area contributed by atoms with E-state index < -0.39 is 0 Å². The predicted octanol–water partition coefficient (Wildman–Crippen LogP) is 2.60. The number of hydrogen-bond donors (Lipinski definition) is 1. The van der Waals surface area contributed by atoms with Gasteiger partial charge in [0.2, 0.25) is 0 Å². The van der Waals surface area contributed by atoms with Crippen LogP contribution in [0, 0.1) is 0 Å². The standard InChI is InChI=1S/C14H23NO2/c1-5-15-11-14(2,3)17-10-12-6-8-13(16-4)9-7-12/h6-9,15H,5,10-11H2,1-4H3. The first-order valence-electron chi connectivity index (χ1n) is 6.05. The molecule has 0 amide bonds. The lowest BCUT2D eigenvalue weighted by molar-refractivity contribution is -0.0276. The van der Waals surface area contributed by atoms with Crippen LogP contribution in [0.4, 0.5) is 0 Å². The summed E-state index contributed by atoms with van der Waals surface area (Å²) >= 11 is 0. The Balaban J connectivity index is 2.43. The van der Waals surface area contributed by atoms with Crippen LogP contribution in [-0.4, -0.2) is 25.8 Å². The molecule has 0 spiro atoms. The zero-order valence-corrected chi connectivity index (χ0v) is 11.2. The smallest absolute Gasteiger partial charge is 0.118 e. The van der Waals surface area contributed by atoms with Gasteiger partial charge in [-0.1, -0.05) is 19.1 Å². The van der Waals surface area contributed by atoms with Crippen molar-refractivity contribution in [1.29, 1.82) is 0 Å². The van der Waals surface area contributed by atoms with E-state index in [1.165, 1.54) is 0 Å². The highest BCUT2D eigenvalue weighted by Crippen LogP contribution is 2.15. The number of benzene rings is 1. The minimum Gasteiger partial charge on any atom is -0.497 e. The molecule has 0 aliphatic rings. The van der Waals surface area contributed by atoms with E-state index in [4.69, 9.17) is 9.47 Å². The van der Waals surface area contributed by atoms with Crippen LogP contribution in [0.2, 0.25) is 0 Å². The molecule has 1 rings (SSSR count). The number of methoxy groups -OCH3 is 1. The Labute approximate surface area is 104 Å². The summed E-state index contributed by atoms with van der Waals surface area (Å²) in [5.74, 6) is 0.876. The van der Waals surface area contributed by atoms with Crippen molar-refractivity contribution in [2.45, 2.75) is 33.0 Å². The van der Waals surface area contributed by atoms with Crippen LogP contribution in [0.15, 0.2) is 24.3 Å². The summed E-state index contributed by atoms with van der Waals surface area (Å²) < 4.78 is 11.0. The molecule has 1 aromatic carbocycles. The van der Waals surface area contributed by atoms with Gasteiger partial charge in [0.1, 0.15) is 5.75 Å². The van der Waals surface area contributed by atoms with Gasteiger partial charge in [-0.3, -0.25) is 0 Å². The zero-order chi connectivity index (χ0) is 12.7. The second kappa shape index (κ2) is 6.62. The number of rotatable bonds is 7. The number of likely N-dealkylation sites (N-methyl/N-ethyl adjacent to an activating group) is 1. The SMILES string of the molecule is CCNCC(C)(C)OCc1ccc(OC)cc1. The lowest BCUT2D eigenvalue weighted by atomic mass is 10.1. The van der Waals surface area contributed by atoms with Crippen LogP contribution in [0.1, 0.15) is 26.3 Å². The predicted molar refractivity (Wildman–Crippen MR) is 70.4 cm³/mol. The largest absolute Gasteiger partial charge is 0.497 e. The molecule has 0 heterocycles. The Bertz CT molecular complexity index is 319. The lowest BCUT2D eigenvalue weighted by Crippen LogP contribution is -2.37. The molecule has 3 nitrogen and oxygen atoms in total. The van der Waals surface area contributed by atoms with Crippen LogP contribution >= 0.6 is 0 Å². The fourth-order valence-corrected chi connectivity index (χ4v) is 1.48. The fraction of sp³-hybridized carbons (Fsp3) is 0.571. The molecule has 1 aromatic rings. The maximum Gasteiger partial charge on any atom is 0.118 e. The molecule has 0 fully saturated rings. The summed E-state index contributed by atoms with van der Waals surface area (Å²) in [7, 11) is 1.67. The van der Waals surface area contributed by atoms with E-state index >= 15 is 0 Å². The van der Waals surface area contributed by atoms with Gasteiger partial charge < -0.3 is 14.8 Å². The Morgan fingerprint density at radius 1 is 1.18 bits per heavy atom. The topological polar surface area (TPSA) is 30.5 Å². The van der Waals surface area contributed by atoms with Crippen LogP contribution in [0.3, 0.4) is 0 Å². The van der Waals surface area contributed by atoms with E-state index in [1.807, 2.05) is 24.3 Å². The van der Waals surface area contributed by atoms with Gasteiger partial charge in [0.05, 0.1) is 19.3 Å². The monoisotopic (exact) mass is 237 g/mol. The Hall–Kier alpha value is -1.06. The number of hydrogen-bond acceptors (Lipinski definition) is 3. The van der Waals surface area contributed by atoms with E-state index in [-0.39, 0.29) is 5.60 Å². The average Bonchev–Trinajstić information content (AvgIpc) is 2.35. The van der Waals surface area contributed by atoms with E-state index in [0.29, 0.717) is 6.61 Å². The third kappa shape index (κ3) is 5.20. The minimum atomic E-state index is -0.143. The summed E-state index contributed by atoms with van der Waals surface area (Å²) in [6.45, 7) is 8.75. The second-order valence-electron chi connectivity index (χ2n) is 4.68. The van der Waals surface area contributed by atoms with Crippen molar-refractivity contribution >= 4 is 0 Å². The van der Waals surface area contributed by atoms with Crippen molar-refractivity contribution in [1.82, 2.24) is 5.32 Å². The summed E-state index contributed by atoms with van der Waals surface area (Å²) in [5, 5.41) is 3.30. The van der Waals surface area contributed by atoms with Crippen molar-refractivity contribution < 1.29 is 9.47 Å². The summed E-state index contributed by atoms with van der Waals surface area (Å²) in [4.78, 5) is 0. The number of ether oxygens (including phenoxy) is 2. The maximum absolute atomic E-state index is 5.89. The Morgan fingerprint density at radius 2 is 1.82 bits per heavy atom. The molecule has 0 bridgehead atoms. The molecule has 17 heavy (non-hydrogen) atoms. The van der Waals surface area contributed by atoms with Gasteiger partial charge in [0.25, 0.3) is 0 Å². The van der Waals surface area contributed by atoms with Gasteiger partial charge in [0, 0.05) is 6.54 Å². The third-order valence-corrected chi connectivity index (χ3v) is 2.59. The molecule has 96 valence electrons. The molecule has 0 saturated heterocycles. The molecule has 0 atom stereocenters.